The summed E-state index contributed by atoms with van der Waals surface area (Å²) in [5.41, 5.74) is 3.59. The SMILES string of the molecule is COC[C@H](C)n1c(C)cc(C(=O)CSc2nnc(-c3ccccc3)o2)c1C. The van der Waals surface area contributed by atoms with Crippen LogP contribution in [0.1, 0.15) is 34.7 Å². The van der Waals surface area contributed by atoms with Gasteiger partial charge in [-0.1, -0.05) is 30.0 Å². The van der Waals surface area contributed by atoms with Gasteiger partial charge in [-0.05, 0) is 39.0 Å². The average Bonchev–Trinajstić information content (AvgIpc) is 3.25. The second-order valence-corrected chi connectivity index (χ2v) is 7.34. The van der Waals surface area contributed by atoms with Gasteiger partial charge in [0, 0.05) is 29.6 Å². The molecule has 7 heteroatoms. The first-order valence-electron chi connectivity index (χ1n) is 8.73. The summed E-state index contributed by atoms with van der Waals surface area (Å²) in [5.74, 6) is 0.750. The topological polar surface area (TPSA) is 70.2 Å². The number of ether oxygens (including phenoxy) is 1. The lowest BCUT2D eigenvalue weighted by Gasteiger charge is -2.17. The van der Waals surface area contributed by atoms with E-state index in [2.05, 4.69) is 21.7 Å². The Morgan fingerprint density at radius 2 is 2.00 bits per heavy atom. The highest BCUT2D eigenvalue weighted by Crippen LogP contribution is 2.26. The van der Waals surface area contributed by atoms with Gasteiger partial charge in [-0.25, -0.2) is 0 Å². The van der Waals surface area contributed by atoms with Crippen LogP contribution in [-0.2, 0) is 4.74 Å². The lowest BCUT2D eigenvalue weighted by Crippen LogP contribution is -2.14. The quantitative estimate of drug-likeness (QED) is 0.424. The molecule has 0 aliphatic heterocycles. The first-order chi connectivity index (χ1) is 13.0. The predicted octanol–water partition coefficient (Wildman–Crippen LogP) is 4.34. The van der Waals surface area contributed by atoms with Crippen molar-refractivity contribution in [2.45, 2.75) is 32.0 Å². The number of methoxy groups -OCH3 is 1. The van der Waals surface area contributed by atoms with Crippen molar-refractivity contribution in [2.75, 3.05) is 19.5 Å². The summed E-state index contributed by atoms with van der Waals surface area (Å²) >= 11 is 1.26. The van der Waals surface area contributed by atoms with Crippen LogP contribution in [0.15, 0.2) is 46.0 Å². The molecule has 0 spiro atoms. The number of hydrogen-bond donors (Lipinski definition) is 0. The number of hydrogen-bond acceptors (Lipinski definition) is 6. The minimum Gasteiger partial charge on any atom is -0.411 e. The van der Waals surface area contributed by atoms with Crippen molar-refractivity contribution in [3.05, 3.63) is 53.3 Å². The number of aromatic nitrogens is 3. The molecule has 0 radical (unpaired) electrons. The third-order valence-electron chi connectivity index (χ3n) is 4.39. The van der Waals surface area contributed by atoms with Gasteiger partial charge in [-0.15, -0.1) is 10.2 Å². The highest BCUT2D eigenvalue weighted by Gasteiger charge is 2.20. The Balaban J connectivity index is 1.68. The van der Waals surface area contributed by atoms with Crippen LogP contribution in [0.2, 0.25) is 0 Å². The molecule has 0 aliphatic rings. The van der Waals surface area contributed by atoms with Gasteiger partial charge in [-0.2, -0.15) is 0 Å². The maximum atomic E-state index is 12.7. The largest absolute Gasteiger partial charge is 0.411 e. The van der Waals surface area contributed by atoms with Gasteiger partial charge < -0.3 is 13.7 Å². The van der Waals surface area contributed by atoms with E-state index in [4.69, 9.17) is 9.15 Å². The highest BCUT2D eigenvalue weighted by molar-refractivity contribution is 7.99. The fourth-order valence-corrected chi connectivity index (χ4v) is 3.87. The normalized spacial score (nSPS) is 12.3. The number of nitrogens with zero attached hydrogens (tertiary/aromatic N) is 3. The molecule has 0 bridgehead atoms. The maximum Gasteiger partial charge on any atom is 0.277 e. The van der Waals surface area contributed by atoms with E-state index < -0.39 is 0 Å². The molecule has 2 aromatic heterocycles. The Kier molecular flexibility index (Phi) is 6.13. The Bertz CT molecular complexity index is 918. The van der Waals surface area contributed by atoms with E-state index in [-0.39, 0.29) is 17.6 Å². The molecule has 0 amide bonds. The fraction of sp³-hybridized carbons (Fsp3) is 0.350. The number of ketones is 1. The van der Waals surface area contributed by atoms with Gasteiger partial charge >= 0.3 is 0 Å². The first kappa shape index (κ1) is 19.4. The molecule has 3 aromatic rings. The fourth-order valence-electron chi connectivity index (χ4n) is 3.22. The molecule has 3 rings (SSSR count). The molecule has 27 heavy (non-hydrogen) atoms. The van der Waals surface area contributed by atoms with E-state index in [1.54, 1.807) is 7.11 Å². The Labute approximate surface area is 162 Å². The van der Waals surface area contributed by atoms with Crippen LogP contribution >= 0.6 is 11.8 Å². The molecule has 0 N–H and O–H groups in total. The van der Waals surface area contributed by atoms with Crippen molar-refractivity contribution in [1.29, 1.82) is 0 Å². The average molecular weight is 385 g/mol. The number of aryl methyl sites for hydroxylation is 1. The van der Waals surface area contributed by atoms with E-state index in [1.807, 2.05) is 50.2 Å². The van der Waals surface area contributed by atoms with E-state index in [0.29, 0.717) is 17.7 Å². The van der Waals surface area contributed by atoms with Gasteiger partial charge in [0.1, 0.15) is 0 Å². The van der Waals surface area contributed by atoms with Crippen LogP contribution in [0, 0.1) is 13.8 Å². The molecular formula is C20H23N3O3S. The van der Waals surface area contributed by atoms with Crippen LogP contribution in [0.25, 0.3) is 11.5 Å². The van der Waals surface area contributed by atoms with E-state index in [0.717, 1.165) is 22.5 Å². The molecule has 1 aromatic carbocycles. The summed E-state index contributed by atoms with van der Waals surface area (Å²) < 4.78 is 13.0. The molecule has 0 saturated carbocycles. The van der Waals surface area contributed by atoms with Crippen LogP contribution in [0.4, 0.5) is 0 Å². The molecule has 0 unspecified atom stereocenters. The molecular weight excluding hydrogens is 362 g/mol. The number of thioether (sulfide) groups is 1. The zero-order valence-electron chi connectivity index (χ0n) is 15.9. The summed E-state index contributed by atoms with van der Waals surface area (Å²) in [5, 5.41) is 8.47. The molecule has 1 atom stereocenters. The van der Waals surface area contributed by atoms with Crippen LogP contribution in [0.5, 0.6) is 0 Å². The second-order valence-electron chi connectivity index (χ2n) is 6.41. The summed E-state index contributed by atoms with van der Waals surface area (Å²) in [4.78, 5) is 12.7. The highest BCUT2D eigenvalue weighted by atomic mass is 32.2. The lowest BCUT2D eigenvalue weighted by molar-refractivity contribution is 0.102. The summed E-state index contributed by atoms with van der Waals surface area (Å²) in [7, 11) is 1.68. The molecule has 142 valence electrons. The molecule has 6 nitrogen and oxygen atoms in total. The van der Waals surface area contributed by atoms with E-state index >= 15 is 0 Å². The second kappa shape index (κ2) is 8.54. The first-order valence-corrected chi connectivity index (χ1v) is 9.72. The maximum absolute atomic E-state index is 12.7. The minimum absolute atomic E-state index is 0.0448. The zero-order chi connectivity index (χ0) is 19.4. The minimum atomic E-state index is 0.0448. The third kappa shape index (κ3) is 4.31. The molecule has 0 aliphatic carbocycles. The van der Waals surface area contributed by atoms with E-state index in [1.165, 1.54) is 11.8 Å². The number of rotatable bonds is 8. The van der Waals surface area contributed by atoms with Crippen LogP contribution in [-0.4, -0.2) is 40.0 Å². The molecule has 0 saturated heterocycles. The zero-order valence-corrected chi connectivity index (χ0v) is 16.7. The van der Waals surface area contributed by atoms with Crippen LogP contribution < -0.4 is 0 Å². The van der Waals surface area contributed by atoms with Gasteiger partial charge in [-0.3, -0.25) is 4.79 Å². The number of carbonyl (C=O) groups excluding carboxylic acids is 1. The van der Waals surface area contributed by atoms with Gasteiger partial charge in [0.15, 0.2) is 5.78 Å². The molecule has 2 heterocycles. The number of Topliss-reactive ketones (excluding diaryl/α,β-unsaturated/α-hetero) is 1. The monoisotopic (exact) mass is 385 g/mol. The van der Waals surface area contributed by atoms with Gasteiger partial charge in [0.25, 0.3) is 5.22 Å². The standard InChI is InChI=1S/C20H23N3O3S/c1-13-10-17(15(3)23(13)14(2)11-25-4)18(24)12-27-20-22-21-19(26-20)16-8-6-5-7-9-16/h5-10,14H,11-12H2,1-4H3/t14-/m0/s1. The van der Waals surface area contributed by atoms with Crippen LogP contribution in [0.3, 0.4) is 0 Å². The van der Waals surface area contributed by atoms with Gasteiger partial charge in [0.05, 0.1) is 18.4 Å². The van der Waals surface area contributed by atoms with Crippen molar-refractivity contribution in [2.24, 2.45) is 0 Å². The lowest BCUT2D eigenvalue weighted by atomic mass is 10.2. The molecule has 0 fully saturated rings. The van der Waals surface area contributed by atoms with E-state index in [9.17, 15) is 4.79 Å². The van der Waals surface area contributed by atoms with Gasteiger partial charge in [0.2, 0.25) is 5.89 Å². The summed E-state index contributed by atoms with van der Waals surface area (Å²) in [6.45, 7) is 6.66. The van der Waals surface area contributed by atoms with Crippen molar-refractivity contribution in [3.8, 4) is 11.5 Å². The smallest absolute Gasteiger partial charge is 0.277 e. The Morgan fingerprint density at radius 3 is 2.70 bits per heavy atom. The number of benzene rings is 1. The van der Waals surface area contributed by atoms with Crippen molar-refractivity contribution < 1.29 is 13.9 Å². The van der Waals surface area contributed by atoms with Crippen molar-refractivity contribution in [3.63, 3.8) is 0 Å². The summed E-state index contributed by atoms with van der Waals surface area (Å²) in [6, 6.07) is 11.7. The Hall–Kier alpha value is -2.38. The van der Waals surface area contributed by atoms with Crippen molar-refractivity contribution >= 4 is 17.5 Å². The van der Waals surface area contributed by atoms with Crippen molar-refractivity contribution in [1.82, 2.24) is 14.8 Å². The third-order valence-corrected chi connectivity index (χ3v) is 5.21. The predicted molar refractivity (Wildman–Crippen MR) is 105 cm³/mol. The summed E-state index contributed by atoms with van der Waals surface area (Å²) in [6.07, 6.45) is 0. The Morgan fingerprint density at radius 1 is 1.26 bits per heavy atom. The number of carbonyl (C=O) groups is 1.